The Hall–Kier alpha value is -1.43. The van der Waals surface area contributed by atoms with Crippen LogP contribution < -0.4 is 0 Å². The van der Waals surface area contributed by atoms with E-state index in [1.165, 1.54) is 6.92 Å². The van der Waals surface area contributed by atoms with Gasteiger partial charge in [-0.1, -0.05) is 0 Å². The Balaban J connectivity index is 3.33. The third-order valence-corrected chi connectivity index (χ3v) is 2.38. The predicted molar refractivity (Wildman–Crippen MR) is 42.1 cm³/mol. The summed E-state index contributed by atoms with van der Waals surface area (Å²) in [7, 11) is 0. The van der Waals surface area contributed by atoms with E-state index in [-0.39, 0.29) is 11.6 Å². The van der Waals surface area contributed by atoms with Crippen molar-refractivity contribution >= 4 is 11.6 Å². The van der Waals surface area contributed by atoms with Gasteiger partial charge in [-0.05, 0) is 20.8 Å². The average Bonchev–Trinajstić information content (AvgIpc) is 2.22. The van der Waals surface area contributed by atoms with Crippen molar-refractivity contribution in [1.82, 2.24) is 0 Å². The molecule has 0 aliphatic heterocycles. The monoisotopic (exact) mass is 163 g/mol. The molecule has 1 rings (SSSR count). The Morgan fingerprint density at radius 2 is 1.50 bits per heavy atom. The first-order valence-electron chi connectivity index (χ1n) is 3.63. The summed E-state index contributed by atoms with van der Waals surface area (Å²) in [5.41, 5.74) is -0.609. The molecule has 3 nitrogen and oxygen atoms in total. The van der Waals surface area contributed by atoms with Gasteiger partial charge >= 0.3 is 0 Å². The summed E-state index contributed by atoms with van der Waals surface area (Å²) in [5.74, 6) is -0.708. The number of carbonyl (C=O) groups is 2. The Morgan fingerprint density at radius 1 is 1.17 bits per heavy atom. The number of nitrogens with zero attached hydrogens (tertiary/aromatic N) is 1. The minimum Gasteiger partial charge on any atom is -0.292 e. The van der Waals surface area contributed by atoms with Crippen LogP contribution in [0, 0.1) is 16.7 Å². The molecule has 0 aromatic rings. The number of hydrogen-bond donors (Lipinski definition) is 0. The van der Waals surface area contributed by atoms with Crippen molar-refractivity contribution in [1.29, 1.82) is 5.26 Å². The summed E-state index contributed by atoms with van der Waals surface area (Å²) in [6.07, 6.45) is 0. The zero-order valence-corrected chi connectivity index (χ0v) is 7.26. The Labute approximate surface area is 70.7 Å². The van der Waals surface area contributed by atoms with E-state index in [9.17, 15) is 9.59 Å². The van der Waals surface area contributed by atoms with Crippen LogP contribution in [0.2, 0.25) is 0 Å². The zero-order chi connectivity index (χ0) is 9.52. The van der Waals surface area contributed by atoms with E-state index in [1.807, 2.05) is 0 Å². The third-order valence-electron chi connectivity index (χ3n) is 2.38. The van der Waals surface area contributed by atoms with E-state index >= 15 is 0 Å². The van der Waals surface area contributed by atoms with E-state index in [0.29, 0.717) is 11.1 Å². The normalized spacial score (nSPS) is 21.5. The Morgan fingerprint density at radius 3 is 1.67 bits per heavy atom. The van der Waals surface area contributed by atoms with Gasteiger partial charge in [0.15, 0.2) is 17.0 Å². The maximum atomic E-state index is 11.4. The van der Waals surface area contributed by atoms with Crippen molar-refractivity contribution in [2.24, 2.45) is 5.41 Å². The lowest BCUT2D eigenvalue weighted by Gasteiger charge is -2.09. The van der Waals surface area contributed by atoms with Crippen LogP contribution in [0.5, 0.6) is 0 Å². The highest BCUT2D eigenvalue weighted by Crippen LogP contribution is 2.33. The molecule has 0 aromatic carbocycles. The standard InChI is InChI=1S/C9H9NO2/c1-5-6(2)8(12)9(3,4-10)7(5)11/h1-3H3. The van der Waals surface area contributed by atoms with Gasteiger partial charge < -0.3 is 0 Å². The molecule has 0 unspecified atom stereocenters. The van der Waals surface area contributed by atoms with Gasteiger partial charge in [0.05, 0.1) is 6.07 Å². The largest absolute Gasteiger partial charge is 0.292 e. The van der Waals surface area contributed by atoms with E-state index in [4.69, 9.17) is 5.26 Å². The molecule has 0 aromatic heterocycles. The molecule has 0 heterocycles. The maximum absolute atomic E-state index is 11.4. The molecular formula is C9H9NO2. The van der Waals surface area contributed by atoms with Crippen LogP contribution in [0.4, 0.5) is 0 Å². The molecule has 0 bridgehead atoms. The van der Waals surface area contributed by atoms with Crippen molar-refractivity contribution in [2.45, 2.75) is 20.8 Å². The smallest absolute Gasteiger partial charge is 0.186 e. The SMILES string of the molecule is CC1=C(C)C(=O)C(C)(C#N)C1=O. The molecular weight excluding hydrogens is 154 g/mol. The third kappa shape index (κ3) is 0.751. The fraction of sp³-hybridized carbons (Fsp3) is 0.444. The molecule has 12 heavy (non-hydrogen) atoms. The Kier molecular flexibility index (Phi) is 1.64. The second kappa shape index (κ2) is 2.28. The van der Waals surface area contributed by atoms with E-state index in [2.05, 4.69) is 0 Å². The van der Waals surface area contributed by atoms with Crippen LogP contribution in [0.15, 0.2) is 11.1 Å². The number of carbonyl (C=O) groups excluding carboxylic acids is 2. The van der Waals surface area contributed by atoms with Crippen LogP contribution in [-0.4, -0.2) is 11.6 Å². The van der Waals surface area contributed by atoms with Crippen molar-refractivity contribution in [3.63, 3.8) is 0 Å². The van der Waals surface area contributed by atoms with Gasteiger partial charge in [0.1, 0.15) is 0 Å². The number of hydrogen-bond acceptors (Lipinski definition) is 3. The van der Waals surface area contributed by atoms with Gasteiger partial charge in [-0.25, -0.2) is 0 Å². The van der Waals surface area contributed by atoms with Crippen LogP contribution in [0.3, 0.4) is 0 Å². The minimum atomic E-state index is -1.45. The predicted octanol–water partition coefficient (Wildman–Crippen LogP) is 1.00. The summed E-state index contributed by atoms with van der Waals surface area (Å²) in [6.45, 7) is 4.54. The topological polar surface area (TPSA) is 57.9 Å². The summed E-state index contributed by atoms with van der Waals surface area (Å²) in [5, 5.41) is 8.68. The van der Waals surface area contributed by atoms with Crippen molar-refractivity contribution in [3.05, 3.63) is 11.1 Å². The second-order valence-electron chi connectivity index (χ2n) is 3.15. The highest BCUT2D eigenvalue weighted by molar-refractivity contribution is 6.28. The molecule has 0 atom stereocenters. The lowest BCUT2D eigenvalue weighted by atomic mass is 9.86. The first kappa shape index (κ1) is 8.66. The zero-order valence-electron chi connectivity index (χ0n) is 7.26. The number of ketones is 2. The van der Waals surface area contributed by atoms with E-state index in [1.54, 1.807) is 19.9 Å². The summed E-state index contributed by atoms with van der Waals surface area (Å²) in [6, 6.07) is 1.76. The van der Waals surface area contributed by atoms with Crippen LogP contribution in [0.25, 0.3) is 0 Å². The van der Waals surface area contributed by atoms with Gasteiger partial charge in [-0.2, -0.15) is 5.26 Å². The maximum Gasteiger partial charge on any atom is 0.186 e. The molecule has 1 aliphatic carbocycles. The van der Waals surface area contributed by atoms with Gasteiger partial charge in [0.2, 0.25) is 0 Å². The molecule has 0 saturated heterocycles. The van der Waals surface area contributed by atoms with Crippen LogP contribution in [-0.2, 0) is 9.59 Å². The fourth-order valence-corrected chi connectivity index (χ4v) is 1.30. The summed E-state index contributed by atoms with van der Waals surface area (Å²) in [4.78, 5) is 22.8. The van der Waals surface area contributed by atoms with Crippen molar-refractivity contribution in [2.75, 3.05) is 0 Å². The molecule has 0 N–H and O–H groups in total. The molecule has 0 fully saturated rings. The van der Waals surface area contributed by atoms with Crippen LogP contribution in [0.1, 0.15) is 20.8 Å². The fourth-order valence-electron chi connectivity index (χ4n) is 1.30. The van der Waals surface area contributed by atoms with Gasteiger partial charge in [0, 0.05) is 11.1 Å². The second-order valence-corrected chi connectivity index (χ2v) is 3.15. The lowest BCUT2D eigenvalue weighted by Crippen LogP contribution is -2.29. The van der Waals surface area contributed by atoms with Crippen LogP contribution >= 0.6 is 0 Å². The number of nitriles is 1. The average molecular weight is 163 g/mol. The quantitative estimate of drug-likeness (QED) is 0.500. The minimum absolute atomic E-state index is 0.354. The summed E-state index contributed by atoms with van der Waals surface area (Å²) >= 11 is 0. The molecule has 3 heteroatoms. The molecule has 0 radical (unpaired) electrons. The highest BCUT2D eigenvalue weighted by Gasteiger charge is 2.48. The van der Waals surface area contributed by atoms with Crippen molar-refractivity contribution < 1.29 is 9.59 Å². The lowest BCUT2D eigenvalue weighted by molar-refractivity contribution is -0.129. The molecule has 62 valence electrons. The molecule has 0 saturated carbocycles. The van der Waals surface area contributed by atoms with Gasteiger partial charge in [-0.3, -0.25) is 9.59 Å². The number of rotatable bonds is 0. The number of Topliss-reactive ketones (excluding diaryl/α,β-unsaturated/α-hetero) is 2. The first-order chi connectivity index (χ1) is 5.45. The molecule has 0 spiro atoms. The van der Waals surface area contributed by atoms with E-state index < -0.39 is 5.41 Å². The Bertz CT molecular complexity index is 320. The van der Waals surface area contributed by atoms with Crippen molar-refractivity contribution in [3.8, 4) is 6.07 Å². The first-order valence-corrected chi connectivity index (χ1v) is 3.63. The summed E-state index contributed by atoms with van der Waals surface area (Å²) < 4.78 is 0. The molecule has 1 aliphatic rings. The van der Waals surface area contributed by atoms with Gasteiger partial charge in [-0.15, -0.1) is 0 Å². The highest BCUT2D eigenvalue weighted by atomic mass is 16.2. The van der Waals surface area contributed by atoms with Gasteiger partial charge in [0.25, 0.3) is 0 Å². The molecule has 0 amide bonds. The van der Waals surface area contributed by atoms with E-state index in [0.717, 1.165) is 0 Å². The number of allylic oxidation sites excluding steroid dienone is 2.